The van der Waals surface area contributed by atoms with Gasteiger partial charge in [-0.15, -0.1) is 0 Å². The molecule has 18 heavy (non-hydrogen) atoms. The Hall–Kier alpha value is -0.450. The predicted molar refractivity (Wildman–Crippen MR) is 78.7 cm³/mol. The summed E-state index contributed by atoms with van der Waals surface area (Å²) in [5, 5.41) is 3.45. The molecule has 0 aliphatic heterocycles. The molecule has 0 bridgehead atoms. The molecule has 3 nitrogen and oxygen atoms in total. The minimum absolute atomic E-state index is 0.623. The van der Waals surface area contributed by atoms with Crippen molar-refractivity contribution in [3.05, 3.63) is 28.5 Å². The summed E-state index contributed by atoms with van der Waals surface area (Å²) in [5.74, 6) is 1.27. The monoisotopic (exact) mass is 314 g/mol. The number of aromatic nitrogens is 1. The Labute approximate surface area is 118 Å². The number of hydrogen-bond donors (Lipinski definition) is 1. The van der Waals surface area contributed by atoms with Gasteiger partial charge in [0.05, 0.1) is 6.61 Å². The third kappa shape index (κ3) is 5.94. The van der Waals surface area contributed by atoms with E-state index in [0.29, 0.717) is 11.8 Å². The molecule has 0 aromatic carbocycles. The van der Waals surface area contributed by atoms with Crippen molar-refractivity contribution in [2.24, 2.45) is 11.8 Å². The quantitative estimate of drug-likeness (QED) is 0.749. The number of nitrogens with zero attached hydrogens (tertiary/aromatic N) is 1. The predicted octanol–water partition coefficient (Wildman–Crippen LogP) is 2.89. The highest BCUT2D eigenvalue weighted by atomic mass is 79.9. The molecular formula is C14H23BrN2O. The smallest absolute Gasteiger partial charge is 0.0587 e. The average Bonchev–Trinajstić information content (AvgIpc) is 2.33. The zero-order chi connectivity index (χ0) is 13.4. The first-order chi connectivity index (χ1) is 8.63. The zero-order valence-corrected chi connectivity index (χ0v) is 13.0. The number of halogens is 1. The van der Waals surface area contributed by atoms with Crippen molar-refractivity contribution < 1.29 is 4.74 Å². The number of rotatable bonds is 8. The molecule has 0 aliphatic carbocycles. The van der Waals surface area contributed by atoms with Crippen LogP contribution in [0.4, 0.5) is 0 Å². The van der Waals surface area contributed by atoms with Gasteiger partial charge in [-0.05, 0) is 52.4 Å². The molecule has 1 atom stereocenters. The van der Waals surface area contributed by atoms with E-state index in [9.17, 15) is 0 Å². The first kappa shape index (κ1) is 15.6. The molecule has 0 saturated carbocycles. The maximum Gasteiger partial charge on any atom is 0.0587 e. The molecule has 1 rings (SSSR count). The van der Waals surface area contributed by atoms with E-state index in [2.05, 4.69) is 46.1 Å². The fraction of sp³-hybridized carbons (Fsp3) is 0.643. The Morgan fingerprint density at radius 3 is 2.78 bits per heavy atom. The minimum atomic E-state index is 0.623. The number of methoxy groups -OCH3 is 1. The van der Waals surface area contributed by atoms with Crippen molar-refractivity contribution in [2.75, 3.05) is 26.8 Å². The maximum absolute atomic E-state index is 5.04. The van der Waals surface area contributed by atoms with Crippen molar-refractivity contribution in [3.8, 4) is 0 Å². The van der Waals surface area contributed by atoms with Crippen molar-refractivity contribution in [1.29, 1.82) is 0 Å². The van der Waals surface area contributed by atoms with Gasteiger partial charge in [0.1, 0.15) is 0 Å². The van der Waals surface area contributed by atoms with E-state index in [-0.39, 0.29) is 0 Å². The second kappa shape index (κ2) is 8.62. The Kier molecular flexibility index (Phi) is 7.47. The van der Waals surface area contributed by atoms with Crippen LogP contribution in [-0.2, 0) is 11.2 Å². The van der Waals surface area contributed by atoms with Crippen molar-refractivity contribution >= 4 is 15.9 Å². The number of pyridine rings is 1. The summed E-state index contributed by atoms with van der Waals surface area (Å²) in [4.78, 5) is 4.22. The Morgan fingerprint density at radius 2 is 2.17 bits per heavy atom. The van der Waals surface area contributed by atoms with E-state index in [4.69, 9.17) is 4.74 Å². The third-order valence-corrected chi connectivity index (χ3v) is 3.53. The first-order valence-corrected chi connectivity index (χ1v) is 7.22. The van der Waals surface area contributed by atoms with Crippen molar-refractivity contribution in [2.45, 2.75) is 20.3 Å². The SMILES string of the molecule is COCCNCC(Cc1cncc(Br)c1)C(C)C. The van der Waals surface area contributed by atoms with Gasteiger partial charge in [0, 0.05) is 30.5 Å². The van der Waals surface area contributed by atoms with Gasteiger partial charge in [0.2, 0.25) is 0 Å². The molecule has 0 fully saturated rings. The van der Waals surface area contributed by atoms with E-state index in [1.807, 2.05) is 12.4 Å². The Morgan fingerprint density at radius 1 is 1.39 bits per heavy atom. The summed E-state index contributed by atoms with van der Waals surface area (Å²) in [6.07, 6.45) is 4.84. The molecule has 4 heteroatoms. The van der Waals surface area contributed by atoms with Gasteiger partial charge in [-0.1, -0.05) is 13.8 Å². The lowest BCUT2D eigenvalue weighted by atomic mass is 9.89. The van der Waals surface area contributed by atoms with Crippen molar-refractivity contribution in [1.82, 2.24) is 10.3 Å². The summed E-state index contributed by atoms with van der Waals surface area (Å²) in [6, 6.07) is 2.15. The zero-order valence-electron chi connectivity index (χ0n) is 11.4. The lowest BCUT2D eigenvalue weighted by Crippen LogP contribution is -2.30. The lowest BCUT2D eigenvalue weighted by molar-refractivity contribution is 0.196. The van der Waals surface area contributed by atoms with Crippen LogP contribution in [0.3, 0.4) is 0 Å². The summed E-state index contributed by atoms with van der Waals surface area (Å²) in [5.41, 5.74) is 1.29. The van der Waals surface area contributed by atoms with Crippen LogP contribution in [0, 0.1) is 11.8 Å². The molecule has 0 radical (unpaired) electrons. The van der Waals surface area contributed by atoms with Gasteiger partial charge < -0.3 is 10.1 Å². The first-order valence-electron chi connectivity index (χ1n) is 6.42. The maximum atomic E-state index is 5.04. The van der Waals surface area contributed by atoms with E-state index in [1.165, 1.54) is 5.56 Å². The second-order valence-electron chi connectivity index (χ2n) is 4.92. The van der Waals surface area contributed by atoms with Gasteiger partial charge in [-0.2, -0.15) is 0 Å². The van der Waals surface area contributed by atoms with Crippen LogP contribution in [0.1, 0.15) is 19.4 Å². The van der Waals surface area contributed by atoms with Crippen LogP contribution in [-0.4, -0.2) is 31.8 Å². The summed E-state index contributed by atoms with van der Waals surface area (Å²) < 4.78 is 6.09. The van der Waals surface area contributed by atoms with Gasteiger partial charge in [0.15, 0.2) is 0 Å². The van der Waals surface area contributed by atoms with E-state index in [0.717, 1.165) is 30.6 Å². The standard InChI is InChI=1S/C14H23BrN2O/c1-11(2)13(9-16-4-5-18-3)6-12-7-14(15)10-17-8-12/h7-8,10-11,13,16H,4-6,9H2,1-3H3. The van der Waals surface area contributed by atoms with Crippen LogP contribution >= 0.6 is 15.9 Å². The molecule has 1 N–H and O–H groups in total. The summed E-state index contributed by atoms with van der Waals surface area (Å²) >= 11 is 3.47. The molecule has 1 aromatic heterocycles. The van der Waals surface area contributed by atoms with Crippen LogP contribution in [0.2, 0.25) is 0 Å². The van der Waals surface area contributed by atoms with Crippen LogP contribution in [0.5, 0.6) is 0 Å². The molecule has 1 unspecified atom stereocenters. The number of hydrogen-bond acceptors (Lipinski definition) is 3. The normalized spacial score (nSPS) is 12.9. The van der Waals surface area contributed by atoms with E-state index < -0.39 is 0 Å². The van der Waals surface area contributed by atoms with Crippen molar-refractivity contribution in [3.63, 3.8) is 0 Å². The van der Waals surface area contributed by atoms with Gasteiger partial charge in [-0.3, -0.25) is 4.98 Å². The summed E-state index contributed by atoms with van der Waals surface area (Å²) in [6.45, 7) is 7.25. The Balaban J connectivity index is 2.47. The Bertz CT molecular complexity index is 344. The minimum Gasteiger partial charge on any atom is -0.383 e. The van der Waals surface area contributed by atoms with Gasteiger partial charge >= 0.3 is 0 Å². The molecule has 0 amide bonds. The van der Waals surface area contributed by atoms with Gasteiger partial charge in [0.25, 0.3) is 0 Å². The fourth-order valence-corrected chi connectivity index (χ4v) is 2.29. The second-order valence-corrected chi connectivity index (χ2v) is 5.83. The van der Waals surface area contributed by atoms with E-state index in [1.54, 1.807) is 7.11 Å². The fourth-order valence-electron chi connectivity index (χ4n) is 1.88. The molecular weight excluding hydrogens is 292 g/mol. The number of nitrogens with one attached hydrogen (secondary N) is 1. The highest BCUT2D eigenvalue weighted by molar-refractivity contribution is 9.10. The van der Waals surface area contributed by atoms with Crippen LogP contribution < -0.4 is 5.32 Å². The largest absolute Gasteiger partial charge is 0.383 e. The topological polar surface area (TPSA) is 34.1 Å². The molecule has 0 saturated heterocycles. The highest BCUT2D eigenvalue weighted by Gasteiger charge is 2.14. The highest BCUT2D eigenvalue weighted by Crippen LogP contribution is 2.18. The lowest BCUT2D eigenvalue weighted by Gasteiger charge is -2.21. The van der Waals surface area contributed by atoms with Gasteiger partial charge in [-0.25, -0.2) is 0 Å². The number of ether oxygens (including phenoxy) is 1. The summed E-state index contributed by atoms with van der Waals surface area (Å²) in [7, 11) is 1.73. The molecule has 102 valence electrons. The van der Waals surface area contributed by atoms with Crippen LogP contribution in [0.15, 0.2) is 22.9 Å². The third-order valence-electron chi connectivity index (χ3n) is 3.09. The average molecular weight is 315 g/mol. The molecule has 0 spiro atoms. The van der Waals surface area contributed by atoms with Crippen LogP contribution in [0.25, 0.3) is 0 Å². The molecule has 0 aliphatic rings. The molecule has 1 aromatic rings. The van der Waals surface area contributed by atoms with E-state index >= 15 is 0 Å². The molecule has 1 heterocycles.